The number of hydrogen-bond acceptors (Lipinski definition) is 3. The molecule has 2 heterocycles. The van der Waals surface area contributed by atoms with E-state index in [0.29, 0.717) is 5.70 Å². The summed E-state index contributed by atoms with van der Waals surface area (Å²) in [6, 6.07) is 11.5. The molecule has 0 amide bonds. The lowest BCUT2D eigenvalue weighted by molar-refractivity contribution is 0.104. The van der Waals surface area contributed by atoms with Crippen LogP contribution >= 0.6 is 11.3 Å². The molecule has 0 radical (unpaired) electrons. The minimum Gasteiger partial charge on any atom is -0.352 e. The number of hydrogen-bond donors (Lipinski definition) is 1. The number of rotatable bonds is 1. The lowest BCUT2D eigenvalue weighted by atomic mass is 10.1. The number of carbonyl (C=O) groups is 1. The van der Waals surface area contributed by atoms with Gasteiger partial charge in [0.05, 0.1) is 5.70 Å². The van der Waals surface area contributed by atoms with Crippen LogP contribution in [0.2, 0.25) is 0 Å². The molecule has 0 saturated carbocycles. The third-order valence-corrected chi connectivity index (χ3v) is 3.33. The fourth-order valence-corrected chi connectivity index (χ4v) is 2.41. The molecule has 1 N–H and O–H groups in total. The summed E-state index contributed by atoms with van der Waals surface area (Å²) in [6.45, 7) is 0. The van der Waals surface area contributed by atoms with Gasteiger partial charge in [-0.1, -0.05) is 18.2 Å². The average molecular weight is 227 g/mol. The molecule has 2 nitrogen and oxygen atoms in total. The quantitative estimate of drug-likeness (QED) is 0.756. The van der Waals surface area contributed by atoms with E-state index in [-0.39, 0.29) is 5.78 Å². The Kier molecular flexibility index (Phi) is 2.11. The lowest BCUT2D eigenvalue weighted by Crippen LogP contribution is -1.98. The number of ketones is 1. The van der Waals surface area contributed by atoms with Crippen molar-refractivity contribution in [3.63, 3.8) is 0 Å². The molecule has 0 unspecified atom stereocenters. The molecule has 3 heteroatoms. The van der Waals surface area contributed by atoms with Gasteiger partial charge in [-0.15, -0.1) is 11.3 Å². The molecule has 2 aromatic rings. The highest BCUT2D eigenvalue weighted by Crippen LogP contribution is 2.29. The second kappa shape index (κ2) is 3.61. The summed E-state index contributed by atoms with van der Waals surface area (Å²) >= 11 is 1.62. The van der Waals surface area contributed by atoms with Gasteiger partial charge in [-0.2, -0.15) is 0 Å². The van der Waals surface area contributed by atoms with Crippen molar-refractivity contribution < 1.29 is 4.79 Å². The number of Topliss-reactive ketones (excluding diaryl/α,β-unsaturated/α-hetero) is 1. The number of anilines is 1. The highest BCUT2D eigenvalue weighted by molar-refractivity contribution is 7.10. The average Bonchev–Trinajstić information content (AvgIpc) is 2.90. The van der Waals surface area contributed by atoms with Crippen molar-refractivity contribution in [3.8, 4) is 0 Å². The van der Waals surface area contributed by atoms with Crippen LogP contribution in [0.4, 0.5) is 5.69 Å². The van der Waals surface area contributed by atoms with Crippen molar-refractivity contribution in [1.82, 2.24) is 0 Å². The van der Waals surface area contributed by atoms with Crippen LogP contribution in [-0.2, 0) is 0 Å². The van der Waals surface area contributed by atoms with Gasteiger partial charge in [0.25, 0.3) is 0 Å². The predicted octanol–water partition coefficient (Wildman–Crippen LogP) is 3.40. The molecule has 78 valence electrons. The van der Waals surface area contributed by atoms with E-state index in [4.69, 9.17) is 0 Å². The number of benzene rings is 1. The molecule has 1 aromatic heterocycles. The number of para-hydroxylation sites is 1. The molecule has 0 fully saturated rings. The summed E-state index contributed by atoms with van der Waals surface area (Å²) in [5, 5.41) is 5.14. The second-order valence-electron chi connectivity index (χ2n) is 3.57. The minimum atomic E-state index is 0.0731. The van der Waals surface area contributed by atoms with Gasteiger partial charge in [0, 0.05) is 16.1 Å². The molecule has 16 heavy (non-hydrogen) atoms. The van der Waals surface area contributed by atoms with Gasteiger partial charge in [0.15, 0.2) is 0 Å². The topological polar surface area (TPSA) is 29.1 Å². The number of thiophene rings is 1. The fourth-order valence-electron chi connectivity index (χ4n) is 1.75. The molecule has 0 aliphatic carbocycles. The van der Waals surface area contributed by atoms with Crippen LogP contribution in [0, 0.1) is 0 Å². The van der Waals surface area contributed by atoms with E-state index in [9.17, 15) is 4.79 Å². The van der Waals surface area contributed by atoms with Gasteiger partial charge in [0.1, 0.15) is 0 Å². The Morgan fingerprint density at radius 1 is 1.12 bits per heavy atom. The number of allylic oxidation sites excluding steroid dienone is 1. The van der Waals surface area contributed by atoms with E-state index in [1.165, 1.54) is 0 Å². The monoisotopic (exact) mass is 227 g/mol. The van der Waals surface area contributed by atoms with Crippen LogP contribution in [0.3, 0.4) is 0 Å². The Morgan fingerprint density at radius 2 is 2.00 bits per heavy atom. The van der Waals surface area contributed by atoms with Crippen LogP contribution in [-0.4, -0.2) is 5.78 Å². The zero-order chi connectivity index (χ0) is 11.0. The summed E-state index contributed by atoms with van der Waals surface area (Å²) in [4.78, 5) is 13.1. The maximum atomic E-state index is 12.0. The zero-order valence-corrected chi connectivity index (χ0v) is 9.25. The summed E-state index contributed by atoms with van der Waals surface area (Å²) in [6.07, 6.45) is 1.90. The summed E-state index contributed by atoms with van der Waals surface area (Å²) in [5.41, 5.74) is 2.31. The Morgan fingerprint density at radius 3 is 2.75 bits per heavy atom. The van der Waals surface area contributed by atoms with Crippen LogP contribution in [0.15, 0.2) is 47.5 Å². The van der Waals surface area contributed by atoms with Crippen LogP contribution in [0.1, 0.15) is 15.2 Å². The molecule has 0 bridgehead atoms. The number of fused-ring (bicyclic) bond motifs is 1. The molecular weight excluding hydrogens is 218 g/mol. The van der Waals surface area contributed by atoms with Gasteiger partial charge in [-0.3, -0.25) is 4.79 Å². The normalized spacial score (nSPS) is 16.2. The number of carbonyl (C=O) groups excluding carboxylic acids is 1. The Balaban J connectivity index is 2.02. The van der Waals surface area contributed by atoms with Crippen molar-refractivity contribution in [2.75, 3.05) is 5.32 Å². The van der Waals surface area contributed by atoms with Crippen molar-refractivity contribution >= 4 is 28.9 Å². The first-order valence-corrected chi connectivity index (χ1v) is 5.88. The smallest absolute Gasteiger partial charge is 0.211 e. The largest absolute Gasteiger partial charge is 0.352 e. The Bertz CT molecular complexity index is 569. The molecule has 1 aromatic carbocycles. The third-order valence-electron chi connectivity index (χ3n) is 2.52. The van der Waals surface area contributed by atoms with Crippen molar-refractivity contribution in [1.29, 1.82) is 0 Å². The van der Waals surface area contributed by atoms with E-state index >= 15 is 0 Å². The highest BCUT2D eigenvalue weighted by Gasteiger charge is 2.23. The first-order chi connectivity index (χ1) is 7.84. The van der Waals surface area contributed by atoms with E-state index in [0.717, 1.165) is 16.1 Å². The van der Waals surface area contributed by atoms with Gasteiger partial charge >= 0.3 is 0 Å². The summed E-state index contributed by atoms with van der Waals surface area (Å²) < 4.78 is 0. The highest BCUT2D eigenvalue weighted by atomic mass is 32.1. The molecule has 0 saturated heterocycles. The van der Waals surface area contributed by atoms with Crippen LogP contribution < -0.4 is 5.32 Å². The first kappa shape index (κ1) is 9.36. The molecule has 0 spiro atoms. The standard InChI is InChI=1S/C13H9NOS/c15-13-10-5-1-2-6-11(10)14-12(13)8-9-4-3-7-16-9/h1-8,14H/b12-8-. The molecule has 3 rings (SSSR count). The predicted molar refractivity (Wildman–Crippen MR) is 66.7 cm³/mol. The van der Waals surface area contributed by atoms with E-state index in [1.54, 1.807) is 11.3 Å². The maximum absolute atomic E-state index is 12.0. The third kappa shape index (κ3) is 1.46. The second-order valence-corrected chi connectivity index (χ2v) is 4.55. The van der Waals surface area contributed by atoms with Gasteiger partial charge in [-0.05, 0) is 29.7 Å². The lowest BCUT2D eigenvalue weighted by Gasteiger charge is -1.96. The Hall–Kier alpha value is -1.87. The minimum absolute atomic E-state index is 0.0731. The molecule has 1 aliphatic heterocycles. The zero-order valence-electron chi connectivity index (χ0n) is 8.44. The summed E-state index contributed by atoms with van der Waals surface area (Å²) in [7, 11) is 0. The maximum Gasteiger partial charge on any atom is 0.211 e. The van der Waals surface area contributed by atoms with Gasteiger partial charge in [0.2, 0.25) is 5.78 Å². The molecular formula is C13H9NOS. The molecule has 0 atom stereocenters. The van der Waals surface area contributed by atoms with Gasteiger partial charge < -0.3 is 5.32 Å². The van der Waals surface area contributed by atoms with Crippen LogP contribution in [0.5, 0.6) is 0 Å². The number of nitrogens with one attached hydrogen (secondary N) is 1. The van der Waals surface area contributed by atoms with Crippen molar-refractivity contribution in [2.45, 2.75) is 0 Å². The first-order valence-electron chi connectivity index (χ1n) is 5.00. The van der Waals surface area contributed by atoms with Crippen molar-refractivity contribution in [2.24, 2.45) is 0 Å². The van der Waals surface area contributed by atoms with E-state index < -0.39 is 0 Å². The fraction of sp³-hybridized carbons (Fsp3) is 0. The van der Waals surface area contributed by atoms with Crippen LogP contribution in [0.25, 0.3) is 6.08 Å². The SMILES string of the molecule is O=C1/C(=C/c2cccs2)Nc2ccccc21. The Labute approximate surface area is 97.2 Å². The van der Waals surface area contributed by atoms with Gasteiger partial charge in [-0.25, -0.2) is 0 Å². The summed E-state index contributed by atoms with van der Waals surface area (Å²) in [5.74, 6) is 0.0731. The molecule has 1 aliphatic rings. The van der Waals surface area contributed by atoms with Crippen molar-refractivity contribution in [3.05, 3.63) is 57.9 Å². The van der Waals surface area contributed by atoms with E-state index in [2.05, 4.69) is 5.32 Å². The van der Waals surface area contributed by atoms with E-state index in [1.807, 2.05) is 47.9 Å².